The number of benzene rings is 2. The number of hydrogen-bond donors (Lipinski definition) is 2. The number of hydrogen-bond acceptors (Lipinski definition) is 4. The number of aliphatic hydroxyl groups excluding tert-OH is 1. The van der Waals surface area contributed by atoms with Gasteiger partial charge in [0.05, 0.1) is 18.8 Å². The minimum Gasteiger partial charge on any atom is -0.481 e. The van der Waals surface area contributed by atoms with Crippen LogP contribution in [-0.2, 0) is 22.4 Å². The molecule has 2 aromatic rings. The fourth-order valence-electron chi connectivity index (χ4n) is 4.98. The first-order valence-electron chi connectivity index (χ1n) is 12.4. The molecule has 0 aliphatic carbocycles. The standard InChI is InChI=1S/C28H38FNO4/c1-4-27(25-9-5-7-19(2)24(25)12-13-28(32)33)34-18-23(31)17-30-14-6-8-22(30)15-21-11-10-20(3)26(29)16-21/h5,7,9-11,16,22-23,27,31H,4,6,8,12-15,17-18H2,1-3H3,(H,32,33)/t22-,23+,27+/m0/s1. The fraction of sp³-hybridized carbons (Fsp3) is 0.536. The number of carbonyl (C=O) groups is 1. The quantitative estimate of drug-likeness (QED) is 0.456. The molecule has 186 valence electrons. The Morgan fingerprint density at radius 3 is 2.74 bits per heavy atom. The van der Waals surface area contributed by atoms with E-state index in [1.807, 2.05) is 44.2 Å². The highest BCUT2D eigenvalue weighted by Gasteiger charge is 2.27. The number of aryl methyl sites for hydroxylation is 2. The van der Waals surface area contributed by atoms with E-state index in [1.54, 1.807) is 13.0 Å². The Balaban J connectivity index is 1.58. The van der Waals surface area contributed by atoms with E-state index in [-0.39, 0.29) is 31.0 Å². The molecular weight excluding hydrogens is 433 g/mol. The summed E-state index contributed by atoms with van der Waals surface area (Å²) in [5.41, 5.74) is 4.75. The van der Waals surface area contributed by atoms with Crippen molar-refractivity contribution in [2.24, 2.45) is 0 Å². The molecule has 34 heavy (non-hydrogen) atoms. The minimum atomic E-state index is -0.813. The summed E-state index contributed by atoms with van der Waals surface area (Å²) in [5.74, 6) is -0.980. The predicted octanol–water partition coefficient (Wildman–Crippen LogP) is 5.00. The molecule has 2 N–H and O–H groups in total. The maximum atomic E-state index is 14.0. The van der Waals surface area contributed by atoms with Crippen LogP contribution in [0.25, 0.3) is 0 Å². The second-order valence-electron chi connectivity index (χ2n) is 9.50. The third kappa shape index (κ3) is 7.11. The summed E-state index contributed by atoms with van der Waals surface area (Å²) in [6, 6.07) is 11.7. The van der Waals surface area contributed by atoms with Crippen LogP contribution in [0.4, 0.5) is 4.39 Å². The van der Waals surface area contributed by atoms with Gasteiger partial charge in [-0.2, -0.15) is 0 Å². The van der Waals surface area contributed by atoms with Crippen LogP contribution in [0, 0.1) is 19.7 Å². The summed E-state index contributed by atoms with van der Waals surface area (Å²) in [4.78, 5) is 13.4. The van der Waals surface area contributed by atoms with Gasteiger partial charge in [-0.25, -0.2) is 4.39 Å². The Kier molecular flexibility index (Phi) is 9.63. The van der Waals surface area contributed by atoms with Gasteiger partial charge in [-0.15, -0.1) is 0 Å². The molecule has 1 aliphatic rings. The number of rotatable bonds is 12. The number of nitrogens with zero attached hydrogens (tertiary/aromatic N) is 1. The van der Waals surface area contributed by atoms with Gasteiger partial charge in [-0.1, -0.05) is 37.3 Å². The number of ether oxygens (including phenoxy) is 1. The first kappa shape index (κ1) is 26.3. The molecule has 0 bridgehead atoms. The van der Waals surface area contributed by atoms with E-state index < -0.39 is 12.1 Å². The van der Waals surface area contributed by atoms with Crippen LogP contribution in [0.2, 0.25) is 0 Å². The van der Waals surface area contributed by atoms with E-state index in [4.69, 9.17) is 9.84 Å². The summed E-state index contributed by atoms with van der Waals surface area (Å²) in [6.07, 6.45) is 3.35. The molecule has 0 aromatic heterocycles. The van der Waals surface area contributed by atoms with Crippen LogP contribution in [0.1, 0.15) is 66.5 Å². The number of carboxylic acids is 1. The molecule has 1 aliphatic heterocycles. The van der Waals surface area contributed by atoms with Gasteiger partial charge < -0.3 is 14.9 Å². The van der Waals surface area contributed by atoms with Crippen molar-refractivity contribution in [1.29, 1.82) is 0 Å². The zero-order valence-corrected chi connectivity index (χ0v) is 20.6. The maximum absolute atomic E-state index is 14.0. The summed E-state index contributed by atoms with van der Waals surface area (Å²) < 4.78 is 20.1. The highest BCUT2D eigenvalue weighted by atomic mass is 19.1. The van der Waals surface area contributed by atoms with E-state index in [0.29, 0.717) is 18.5 Å². The summed E-state index contributed by atoms with van der Waals surface area (Å²) in [6.45, 7) is 7.47. The molecule has 0 radical (unpaired) electrons. The van der Waals surface area contributed by atoms with Crippen molar-refractivity contribution < 1.29 is 24.1 Å². The van der Waals surface area contributed by atoms with Crippen LogP contribution in [-0.4, -0.2) is 52.9 Å². The van der Waals surface area contributed by atoms with Crippen molar-refractivity contribution >= 4 is 5.97 Å². The van der Waals surface area contributed by atoms with Crippen LogP contribution in [0.5, 0.6) is 0 Å². The Morgan fingerprint density at radius 1 is 1.24 bits per heavy atom. The van der Waals surface area contributed by atoms with E-state index >= 15 is 0 Å². The molecule has 1 heterocycles. The SMILES string of the molecule is CC[C@@H](OC[C@H](O)CN1CCC[C@H]1Cc1ccc(C)c(F)c1)c1cccc(C)c1CCC(=O)O. The second kappa shape index (κ2) is 12.4. The largest absolute Gasteiger partial charge is 0.481 e. The molecule has 6 heteroatoms. The van der Waals surface area contributed by atoms with Gasteiger partial charge in [0.25, 0.3) is 0 Å². The highest BCUT2D eigenvalue weighted by Crippen LogP contribution is 2.28. The average Bonchev–Trinajstić information content (AvgIpc) is 3.22. The first-order chi connectivity index (χ1) is 16.3. The number of likely N-dealkylation sites (tertiary alicyclic amines) is 1. The molecule has 0 amide bonds. The van der Waals surface area contributed by atoms with Gasteiger partial charge in [-0.3, -0.25) is 9.69 Å². The molecule has 0 unspecified atom stereocenters. The van der Waals surface area contributed by atoms with Gasteiger partial charge in [0.15, 0.2) is 0 Å². The van der Waals surface area contributed by atoms with Crippen LogP contribution in [0.15, 0.2) is 36.4 Å². The number of carboxylic acid groups (broad SMARTS) is 1. The summed E-state index contributed by atoms with van der Waals surface area (Å²) in [5, 5.41) is 19.9. The van der Waals surface area contributed by atoms with Crippen molar-refractivity contribution in [3.05, 3.63) is 70.0 Å². The number of aliphatic hydroxyl groups is 1. The lowest BCUT2D eigenvalue weighted by Gasteiger charge is -2.28. The molecule has 1 saturated heterocycles. The van der Waals surface area contributed by atoms with E-state index in [1.165, 1.54) is 0 Å². The number of β-amino-alcohol motifs (C(OH)–C–C–N with tert-alkyl or cyclic N) is 1. The normalized spacial score (nSPS) is 18.2. The lowest BCUT2D eigenvalue weighted by Crippen LogP contribution is -2.39. The van der Waals surface area contributed by atoms with Gasteiger partial charge in [0.2, 0.25) is 0 Å². The number of halogens is 1. The van der Waals surface area contributed by atoms with Crippen molar-refractivity contribution in [3.8, 4) is 0 Å². The van der Waals surface area contributed by atoms with Crippen molar-refractivity contribution in [2.45, 2.75) is 77.5 Å². The first-order valence-corrected chi connectivity index (χ1v) is 12.4. The monoisotopic (exact) mass is 471 g/mol. The fourth-order valence-corrected chi connectivity index (χ4v) is 4.98. The van der Waals surface area contributed by atoms with Crippen LogP contribution in [0.3, 0.4) is 0 Å². The Bertz CT molecular complexity index is 963. The van der Waals surface area contributed by atoms with Gasteiger partial charge in [0.1, 0.15) is 5.82 Å². The van der Waals surface area contributed by atoms with Crippen LogP contribution >= 0.6 is 0 Å². The topological polar surface area (TPSA) is 70.0 Å². The summed E-state index contributed by atoms with van der Waals surface area (Å²) in [7, 11) is 0. The van der Waals surface area contributed by atoms with Crippen molar-refractivity contribution in [1.82, 2.24) is 4.90 Å². The molecule has 2 aromatic carbocycles. The van der Waals surface area contributed by atoms with Crippen molar-refractivity contribution in [2.75, 3.05) is 19.7 Å². The highest BCUT2D eigenvalue weighted by molar-refractivity contribution is 5.67. The van der Waals surface area contributed by atoms with Gasteiger partial charge in [0, 0.05) is 19.0 Å². The smallest absolute Gasteiger partial charge is 0.303 e. The minimum absolute atomic E-state index is 0.0815. The Hall–Kier alpha value is -2.28. The van der Waals surface area contributed by atoms with Crippen molar-refractivity contribution in [3.63, 3.8) is 0 Å². The van der Waals surface area contributed by atoms with E-state index in [9.17, 15) is 14.3 Å². The Labute approximate surface area is 202 Å². The maximum Gasteiger partial charge on any atom is 0.303 e. The molecular formula is C28H38FNO4. The lowest BCUT2D eigenvalue weighted by molar-refractivity contribution is -0.136. The molecule has 5 nitrogen and oxygen atoms in total. The predicted molar refractivity (Wildman–Crippen MR) is 132 cm³/mol. The zero-order chi connectivity index (χ0) is 24.7. The Morgan fingerprint density at radius 2 is 2.03 bits per heavy atom. The van der Waals surface area contributed by atoms with E-state index in [2.05, 4.69) is 4.90 Å². The average molecular weight is 472 g/mol. The van der Waals surface area contributed by atoms with E-state index in [0.717, 1.165) is 54.5 Å². The lowest BCUT2D eigenvalue weighted by atomic mass is 9.93. The zero-order valence-electron chi connectivity index (χ0n) is 20.6. The molecule has 1 fully saturated rings. The third-order valence-electron chi connectivity index (χ3n) is 6.89. The van der Waals surface area contributed by atoms with Gasteiger partial charge in [-0.05, 0) is 86.4 Å². The van der Waals surface area contributed by atoms with Crippen LogP contribution < -0.4 is 0 Å². The molecule has 0 spiro atoms. The molecule has 3 atom stereocenters. The summed E-state index contributed by atoms with van der Waals surface area (Å²) >= 11 is 0. The number of aliphatic carboxylic acids is 1. The second-order valence-corrected chi connectivity index (χ2v) is 9.50. The third-order valence-corrected chi connectivity index (χ3v) is 6.89. The molecule has 0 saturated carbocycles. The van der Waals surface area contributed by atoms with Gasteiger partial charge >= 0.3 is 5.97 Å². The molecule has 3 rings (SSSR count).